The first kappa shape index (κ1) is 21.2. The minimum atomic E-state index is -1.12. The van der Waals surface area contributed by atoms with Gasteiger partial charge >= 0.3 is 0 Å². The molecule has 0 atom stereocenters. The lowest BCUT2D eigenvalue weighted by atomic mass is 10.1. The number of unbranched alkanes of at least 4 members (excludes halogenated alkanes) is 6. The highest BCUT2D eigenvalue weighted by Crippen LogP contribution is 2.11. The van der Waals surface area contributed by atoms with Crippen LogP contribution in [0, 0.1) is 0 Å². The largest absolute Gasteiger partial charge is 0.545 e. The Morgan fingerprint density at radius 1 is 0.963 bits per heavy atom. The fourth-order valence-electron chi connectivity index (χ4n) is 3.47. The molecule has 4 heteroatoms. The molecular formula is C23H34N2O2. The Hall–Kier alpha value is -2.10. The van der Waals surface area contributed by atoms with E-state index in [-0.39, 0.29) is 5.56 Å². The minimum Gasteiger partial charge on any atom is -0.545 e. The fraction of sp³-hybridized carbons (Fsp3) is 0.565. The third-order valence-corrected chi connectivity index (χ3v) is 5.14. The van der Waals surface area contributed by atoms with Crippen LogP contribution >= 0.6 is 0 Å². The van der Waals surface area contributed by atoms with E-state index in [0.29, 0.717) is 0 Å². The van der Waals surface area contributed by atoms with Gasteiger partial charge in [-0.25, -0.2) is 9.13 Å². The number of carboxylic acid groups (broad SMARTS) is 1. The first-order valence-corrected chi connectivity index (χ1v) is 10.5. The van der Waals surface area contributed by atoms with E-state index in [1.165, 1.54) is 57.2 Å². The first-order valence-electron chi connectivity index (χ1n) is 10.5. The van der Waals surface area contributed by atoms with Crippen molar-refractivity contribution in [3.63, 3.8) is 0 Å². The topological polar surface area (TPSA) is 48.9 Å². The number of nitrogens with zero attached hydrogens (tertiary/aromatic N) is 2. The lowest BCUT2D eigenvalue weighted by Crippen LogP contribution is -2.38. The summed E-state index contributed by atoms with van der Waals surface area (Å²) in [5.74, 6) is 0.256. The fourth-order valence-corrected chi connectivity index (χ4v) is 3.47. The number of aryl methyl sites for hydroxylation is 1. The molecule has 0 radical (unpaired) electrons. The monoisotopic (exact) mass is 370 g/mol. The Morgan fingerprint density at radius 3 is 2.30 bits per heavy atom. The molecule has 4 nitrogen and oxygen atoms in total. The summed E-state index contributed by atoms with van der Waals surface area (Å²) in [6, 6.07) is 7.03. The van der Waals surface area contributed by atoms with Gasteiger partial charge in [0.25, 0.3) is 5.82 Å². The number of carbonyl (C=O) groups excluding carboxylic acids is 1. The van der Waals surface area contributed by atoms with Crippen LogP contribution in [-0.4, -0.2) is 10.5 Å². The number of carboxylic acids is 1. The summed E-state index contributed by atoms with van der Waals surface area (Å²) in [6.07, 6.45) is 15.7. The van der Waals surface area contributed by atoms with Crippen LogP contribution in [0.25, 0.3) is 0 Å². The highest BCUT2D eigenvalue weighted by Gasteiger charge is 2.16. The summed E-state index contributed by atoms with van der Waals surface area (Å²) in [4.78, 5) is 10.9. The van der Waals surface area contributed by atoms with E-state index >= 15 is 0 Å². The van der Waals surface area contributed by atoms with Crippen LogP contribution in [0.2, 0.25) is 0 Å². The maximum atomic E-state index is 10.9. The zero-order chi connectivity index (χ0) is 19.5. The summed E-state index contributed by atoms with van der Waals surface area (Å²) >= 11 is 0. The lowest BCUT2D eigenvalue weighted by molar-refractivity contribution is -0.695. The van der Waals surface area contributed by atoms with E-state index in [1.54, 1.807) is 12.1 Å². The van der Waals surface area contributed by atoms with Gasteiger partial charge in [0.05, 0.1) is 12.5 Å². The number of hydrogen-bond acceptors (Lipinski definition) is 2. The summed E-state index contributed by atoms with van der Waals surface area (Å²) in [5.41, 5.74) is 1.35. The normalized spacial score (nSPS) is 11.0. The van der Waals surface area contributed by atoms with Crippen molar-refractivity contribution < 1.29 is 14.5 Å². The summed E-state index contributed by atoms with van der Waals surface area (Å²) < 4.78 is 4.71. The van der Waals surface area contributed by atoms with Gasteiger partial charge in [-0.15, -0.1) is 0 Å². The Labute approximate surface area is 163 Å². The average Bonchev–Trinajstić information content (AvgIpc) is 3.04. The van der Waals surface area contributed by atoms with Crippen molar-refractivity contribution >= 4 is 5.97 Å². The number of hydrogen-bond donors (Lipinski definition) is 0. The molecule has 0 amide bonds. The van der Waals surface area contributed by atoms with Gasteiger partial charge in [0.15, 0.2) is 0 Å². The van der Waals surface area contributed by atoms with Gasteiger partial charge in [-0.1, -0.05) is 76.6 Å². The maximum absolute atomic E-state index is 10.9. The van der Waals surface area contributed by atoms with Crippen molar-refractivity contribution in [2.45, 2.75) is 84.7 Å². The molecule has 1 aromatic heterocycles. The number of rotatable bonds is 13. The van der Waals surface area contributed by atoms with Crippen LogP contribution in [0.4, 0.5) is 0 Å². The molecule has 0 fully saturated rings. The third kappa shape index (κ3) is 6.85. The summed E-state index contributed by atoms with van der Waals surface area (Å²) in [5, 5.41) is 10.9. The van der Waals surface area contributed by atoms with Crippen molar-refractivity contribution in [3.05, 3.63) is 53.6 Å². The molecule has 1 aromatic carbocycles. The van der Waals surface area contributed by atoms with Crippen molar-refractivity contribution in [1.29, 1.82) is 0 Å². The molecule has 0 saturated carbocycles. The minimum absolute atomic E-state index is 0.233. The lowest BCUT2D eigenvalue weighted by Gasteiger charge is -2.07. The van der Waals surface area contributed by atoms with Gasteiger partial charge in [-0.05, 0) is 24.0 Å². The zero-order valence-electron chi connectivity index (χ0n) is 17.0. The van der Waals surface area contributed by atoms with E-state index in [4.69, 9.17) is 0 Å². The molecule has 0 unspecified atom stereocenters. The molecule has 0 spiro atoms. The standard InChI is InChI=1S/C23H34N2O2/c1-3-5-7-8-9-10-11-22-24(16-6-4-2)17-18-25(22)19-20-12-14-21(15-13-20)23(26)27/h12-15,17-18H,3-11,16,19H2,1-2H3. The molecule has 0 aliphatic heterocycles. The predicted octanol–water partition coefficient (Wildman–Crippen LogP) is 3.89. The van der Waals surface area contributed by atoms with E-state index in [9.17, 15) is 9.90 Å². The van der Waals surface area contributed by atoms with Crippen LogP contribution in [0.1, 0.15) is 87.0 Å². The Balaban J connectivity index is 2.03. The van der Waals surface area contributed by atoms with Crippen LogP contribution in [0.15, 0.2) is 36.7 Å². The number of carbonyl (C=O) groups is 1. The second-order valence-electron chi connectivity index (χ2n) is 7.39. The van der Waals surface area contributed by atoms with Gasteiger partial charge in [0, 0.05) is 6.42 Å². The number of benzene rings is 1. The highest BCUT2D eigenvalue weighted by molar-refractivity contribution is 5.85. The van der Waals surface area contributed by atoms with E-state index in [2.05, 4.69) is 35.4 Å². The molecule has 0 aliphatic carbocycles. The smallest absolute Gasteiger partial charge is 0.256 e. The van der Waals surface area contributed by atoms with Crippen LogP contribution in [0.5, 0.6) is 0 Å². The molecule has 0 bridgehead atoms. The van der Waals surface area contributed by atoms with Crippen LogP contribution < -0.4 is 9.67 Å². The van der Waals surface area contributed by atoms with Crippen molar-refractivity contribution in [2.75, 3.05) is 0 Å². The second-order valence-corrected chi connectivity index (χ2v) is 7.39. The highest BCUT2D eigenvalue weighted by atomic mass is 16.4. The number of aromatic nitrogens is 2. The van der Waals surface area contributed by atoms with Gasteiger partial charge in [0.1, 0.15) is 18.9 Å². The van der Waals surface area contributed by atoms with E-state index in [0.717, 1.165) is 25.1 Å². The zero-order valence-corrected chi connectivity index (χ0v) is 17.0. The maximum Gasteiger partial charge on any atom is 0.256 e. The van der Waals surface area contributed by atoms with Crippen molar-refractivity contribution in [2.24, 2.45) is 0 Å². The Morgan fingerprint density at radius 2 is 1.63 bits per heavy atom. The van der Waals surface area contributed by atoms with Crippen LogP contribution in [0.3, 0.4) is 0 Å². The molecule has 2 rings (SSSR count). The first-order chi connectivity index (χ1) is 13.2. The second kappa shape index (κ2) is 11.6. The van der Waals surface area contributed by atoms with Gasteiger partial charge in [0.2, 0.25) is 0 Å². The van der Waals surface area contributed by atoms with E-state index in [1.807, 2.05) is 12.1 Å². The third-order valence-electron chi connectivity index (χ3n) is 5.14. The number of imidazole rings is 1. The molecule has 1 heterocycles. The van der Waals surface area contributed by atoms with Gasteiger partial charge in [-0.2, -0.15) is 0 Å². The summed E-state index contributed by atoms with van der Waals surface area (Å²) in [7, 11) is 0. The molecule has 0 aliphatic rings. The SMILES string of the molecule is CCCCCCCCc1n(CCCC)cc[n+]1Cc1ccc(C(=O)[O-])cc1. The molecule has 0 N–H and O–H groups in total. The van der Waals surface area contributed by atoms with Crippen molar-refractivity contribution in [1.82, 2.24) is 4.57 Å². The Kier molecular flexibility index (Phi) is 9.09. The van der Waals surface area contributed by atoms with E-state index < -0.39 is 5.97 Å². The number of aromatic carboxylic acids is 1. The molecule has 0 saturated heterocycles. The Bertz CT molecular complexity index is 689. The quantitative estimate of drug-likeness (QED) is 0.397. The van der Waals surface area contributed by atoms with Gasteiger partial charge in [-0.3, -0.25) is 0 Å². The summed E-state index contributed by atoms with van der Waals surface area (Å²) in [6.45, 7) is 6.32. The molecule has 2 aromatic rings. The average molecular weight is 371 g/mol. The van der Waals surface area contributed by atoms with Gasteiger partial charge < -0.3 is 9.90 Å². The predicted molar refractivity (Wildman–Crippen MR) is 106 cm³/mol. The molecule has 148 valence electrons. The molecule has 27 heavy (non-hydrogen) atoms. The molecular weight excluding hydrogens is 336 g/mol. The van der Waals surface area contributed by atoms with Crippen molar-refractivity contribution in [3.8, 4) is 0 Å². The van der Waals surface area contributed by atoms with Crippen LogP contribution in [-0.2, 0) is 19.5 Å².